The van der Waals surface area contributed by atoms with Crippen molar-refractivity contribution < 1.29 is 80.2 Å². The molecular weight excluding hydrogens is 1380 g/mol. The predicted octanol–water partition coefficient (Wildman–Crippen LogP) is 24.2. The summed E-state index contributed by atoms with van der Waals surface area (Å²) < 4.78 is 68.5. The first-order valence-corrected chi connectivity index (χ1v) is 44.1. The van der Waals surface area contributed by atoms with E-state index in [1.807, 2.05) is 36.5 Å². The number of rotatable bonds is 76. The third-order valence-corrected chi connectivity index (χ3v) is 18.7. The van der Waals surface area contributed by atoms with Crippen LogP contribution < -0.4 is 0 Å². The predicted molar refractivity (Wildman–Crippen MR) is 436 cm³/mol. The molecule has 17 nitrogen and oxygen atoms in total. The number of unbranched alkanes of at least 4 members (excludes halogenated alkanes) is 26. The Morgan fingerprint density at radius 3 is 0.745 bits per heavy atom. The second-order valence-corrected chi connectivity index (χ2v) is 29.9. The summed E-state index contributed by atoms with van der Waals surface area (Å²) in [5, 5.41) is 10.6. The van der Waals surface area contributed by atoms with Gasteiger partial charge in [-0.05, 0) is 141 Å². The van der Waals surface area contributed by atoms with Crippen molar-refractivity contribution >= 4 is 39.5 Å². The van der Waals surface area contributed by atoms with Crippen LogP contribution >= 0.6 is 15.6 Å². The molecule has 0 spiro atoms. The molecule has 0 aromatic heterocycles. The second-order valence-electron chi connectivity index (χ2n) is 27.0. The first-order chi connectivity index (χ1) is 51.7. The molecule has 0 amide bonds. The molecule has 0 aliphatic rings. The highest BCUT2D eigenvalue weighted by Crippen LogP contribution is 2.45. The van der Waals surface area contributed by atoms with Crippen LogP contribution in [0.25, 0.3) is 0 Å². The average Bonchev–Trinajstić information content (AvgIpc) is 0.902. The summed E-state index contributed by atoms with van der Waals surface area (Å²) >= 11 is 0. The van der Waals surface area contributed by atoms with Crippen molar-refractivity contribution in [3.05, 3.63) is 146 Å². The Morgan fingerprint density at radius 2 is 0.472 bits per heavy atom. The number of carbonyl (C=O) groups is 4. The molecule has 2 unspecified atom stereocenters. The second kappa shape index (κ2) is 78.1. The highest BCUT2D eigenvalue weighted by atomic mass is 31.2. The summed E-state index contributed by atoms with van der Waals surface area (Å²) in [6.07, 6.45) is 89.8. The number of hydrogen-bond donors (Lipinski definition) is 3. The average molecular weight is 1530 g/mol. The molecule has 0 aromatic rings. The van der Waals surface area contributed by atoms with Gasteiger partial charge in [-0.15, -0.1) is 0 Å². The Bertz CT molecular complexity index is 2580. The molecule has 0 aliphatic heterocycles. The highest BCUT2D eigenvalue weighted by Gasteiger charge is 2.30. The molecular formula is C87H146O17P2. The molecule has 0 fully saturated rings. The van der Waals surface area contributed by atoms with E-state index in [1.165, 1.54) is 122 Å². The number of aliphatic hydroxyl groups excluding tert-OH is 1. The van der Waals surface area contributed by atoms with Crippen LogP contribution in [0.5, 0.6) is 0 Å². The lowest BCUT2D eigenvalue weighted by atomic mass is 10.0. The number of phosphoric acid groups is 2. The zero-order chi connectivity index (χ0) is 77.4. The number of esters is 4. The lowest BCUT2D eigenvalue weighted by Crippen LogP contribution is -2.30. The molecule has 0 bridgehead atoms. The monoisotopic (exact) mass is 1530 g/mol. The van der Waals surface area contributed by atoms with E-state index in [4.69, 9.17) is 37.0 Å². The molecule has 0 rings (SSSR count). The minimum absolute atomic E-state index is 0.00255. The van der Waals surface area contributed by atoms with Crippen molar-refractivity contribution in [3.63, 3.8) is 0 Å². The molecule has 0 aromatic carbocycles. The lowest BCUT2D eigenvalue weighted by Gasteiger charge is -2.21. The molecule has 0 heterocycles. The van der Waals surface area contributed by atoms with Gasteiger partial charge in [0.25, 0.3) is 0 Å². The maximum Gasteiger partial charge on any atom is 0.472 e. The van der Waals surface area contributed by atoms with Crippen molar-refractivity contribution in [3.8, 4) is 0 Å². The Morgan fingerprint density at radius 1 is 0.264 bits per heavy atom. The molecule has 3 N–H and O–H groups in total. The van der Waals surface area contributed by atoms with Gasteiger partial charge in [-0.2, -0.15) is 0 Å². The van der Waals surface area contributed by atoms with Gasteiger partial charge in [0.2, 0.25) is 0 Å². The van der Waals surface area contributed by atoms with Crippen molar-refractivity contribution in [1.29, 1.82) is 0 Å². The summed E-state index contributed by atoms with van der Waals surface area (Å²) in [5.74, 6) is -2.37. The van der Waals surface area contributed by atoms with Crippen LogP contribution in [0, 0.1) is 0 Å². The van der Waals surface area contributed by atoms with Crippen molar-refractivity contribution in [2.24, 2.45) is 0 Å². The smallest absolute Gasteiger partial charge is 0.462 e. The summed E-state index contributed by atoms with van der Waals surface area (Å²) in [6, 6.07) is 0. The van der Waals surface area contributed by atoms with E-state index in [2.05, 4.69) is 137 Å². The van der Waals surface area contributed by atoms with Gasteiger partial charge in [-0.25, -0.2) is 9.13 Å². The van der Waals surface area contributed by atoms with Gasteiger partial charge in [0, 0.05) is 25.7 Å². The standard InChI is InChI=1S/C87H146O17P2/c1-5-9-13-17-21-25-29-33-37-40-44-47-51-55-59-63-67-71-84(89)97-77-82(103-86(91)73-69-65-61-57-53-49-43-36-32-28-24-20-16-12-8-4)79-101-105(93,94)99-75-81(88)76-100-106(95,96)102-80-83(104-87(92)74-70-66-62-58-54-50-46-42-39-35-31-27-23-19-15-11-7-3)78-98-85(90)72-68-64-60-56-52-48-45-41-38-34-30-26-22-18-14-10-6-2/h21-23,25-27,33-35,37-39,44-48,50,55-56,58-60,62,81-83,88H,5-20,24,28-32,36,40-43,49,51-54,57,61,63-80H2,1-4H3,(H,93,94)(H,95,96)/b25-21-,26-22-,27-23-,37-33-,38-34-,39-35-,47-44-,48-45-,50-46-,59-55-,60-56-,62-58-/t81-,82-,83-/m1/s1. The van der Waals surface area contributed by atoms with Gasteiger partial charge in [-0.1, -0.05) is 302 Å². The van der Waals surface area contributed by atoms with E-state index < -0.39 is 97.5 Å². The minimum atomic E-state index is -5.01. The molecule has 0 saturated heterocycles. The Balaban J connectivity index is 5.51. The Labute approximate surface area is 643 Å². The molecule has 106 heavy (non-hydrogen) atoms. The molecule has 0 saturated carbocycles. The molecule has 0 radical (unpaired) electrons. The summed E-state index contributed by atoms with van der Waals surface area (Å²) in [7, 11) is -10.0. The SMILES string of the molecule is CCCCC/C=C\C/C=C\C/C=C\C/C=C\CCCC(=O)OC[C@H](COP(=O)(O)OC[C@H](O)COP(=O)(O)OC[C@@H](COC(=O)CCC/C=C\C/C=C\C/C=C\C/C=C\CCCCC)OC(=O)CCCCCCCCCCCCCCCCC)OC(=O)CCC/C=C\C/C=C\C/C=C\C/C=C\CCCCC. The van der Waals surface area contributed by atoms with Crippen LogP contribution in [-0.2, 0) is 65.4 Å². The Kier molecular flexibility index (Phi) is 74.3. The van der Waals surface area contributed by atoms with Gasteiger partial charge in [0.05, 0.1) is 26.4 Å². The minimum Gasteiger partial charge on any atom is -0.462 e. The molecule has 5 atom stereocenters. The van der Waals surface area contributed by atoms with Gasteiger partial charge < -0.3 is 33.8 Å². The third kappa shape index (κ3) is 77.1. The fourth-order valence-electron chi connectivity index (χ4n) is 10.5. The van der Waals surface area contributed by atoms with E-state index in [0.717, 1.165) is 103 Å². The van der Waals surface area contributed by atoms with Gasteiger partial charge in [0.1, 0.15) is 19.3 Å². The topological polar surface area (TPSA) is 237 Å². The molecule has 19 heteroatoms. The fraction of sp³-hybridized carbons (Fsp3) is 0.678. The molecule has 606 valence electrons. The van der Waals surface area contributed by atoms with Gasteiger partial charge in [0.15, 0.2) is 12.2 Å². The number of aliphatic hydroxyl groups is 1. The van der Waals surface area contributed by atoms with Gasteiger partial charge in [-0.3, -0.25) is 37.3 Å². The number of ether oxygens (including phenoxy) is 4. The lowest BCUT2D eigenvalue weighted by molar-refractivity contribution is -0.161. The van der Waals surface area contributed by atoms with E-state index >= 15 is 0 Å². The summed E-state index contributed by atoms with van der Waals surface area (Å²) in [5.41, 5.74) is 0. The van der Waals surface area contributed by atoms with Crippen LogP contribution in [0.15, 0.2) is 146 Å². The van der Waals surface area contributed by atoms with E-state index in [9.17, 15) is 43.2 Å². The van der Waals surface area contributed by atoms with Crippen LogP contribution in [0.4, 0.5) is 0 Å². The fourth-order valence-corrected chi connectivity index (χ4v) is 12.1. The maximum absolute atomic E-state index is 13.1. The third-order valence-electron chi connectivity index (χ3n) is 16.8. The zero-order valence-electron chi connectivity index (χ0n) is 66.3. The van der Waals surface area contributed by atoms with Crippen LogP contribution in [0.1, 0.15) is 323 Å². The first kappa shape index (κ1) is 101. The van der Waals surface area contributed by atoms with Crippen LogP contribution in [0.2, 0.25) is 0 Å². The quantitative estimate of drug-likeness (QED) is 0.0169. The largest absolute Gasteiger partial charge is 0.472 e. The maximum atomic E-state index is 13.1. The zero-order valence-corrected chi connectivity index (χ0v) is 68.1. The van der Waals surface area contributed by atoms with Gasteiger partial charge >= 0.3 is 39.5 Å². The molecule has 0 aliphatic carbocycles. The van der Waals surface area contributed by atoms with E-state index in [1.54, 1.807) is 0 Å². The number of phosphoric ester groups is 2. The van der Waals surface area contributed by atoms with Crippen LogP contribution in [-0.4, -0.2) is 96.7 Å². The summed E-state index contributed by atoms with van der Waals surface area (Å²) in [4.78, 5) is 73.0. The van der Waals surface area contributed by atoms with Crippen LogP contribution in [0.3, 0.4) is 0 Å². The van der Waals surface area contributed by atoms with E-state index in [0.29, 0.717) is 44.9 Å². The normalized spacial score (nSPS) is 14.6. The number of carbonyl (C=O) groups excluding carboxylic acids is 4. The highest BCUT2D eigenvalue weighted by molar-refractivity contribution is 7.47. The Hall–Kier alpha value is -5.06. The summed E-state index contributed by atoms with van der Waals surface area (Å²) in [6.45, 7) is 4.62. The van der Waals surface area contributed by atoms with Crippen molar-refractivity contribution in [1.82, 2.24) is 0 Å². The number of hydrogen-bond acceptors (Lipinski definition) is 15. The van der Waals surface area contributed by atoms with E-state index in [-0.39, 0.29) is 25.7 Å². The van der Waals surface area contributed by atoms with Crippen molar-refractivity contribution in [2.75, 3.05) is 39.6 Å². The first-order valence-electron chi connectivity index (χ1n) is 41.1. The number of allylic oxidation sites excluding steroid dienone is 24. The van der Waals surface area contributed by atoms with Crippen molar-refractivity contribution in [2.45, 2.75) is 341 Å².